The standard InChI is InChI=1S/C23H40N6O/c1-5-6-7-10-18-17-19-20(21(24)25-18)26-22(30)29(19)12-9-8-11-27-13-15-28(16-14-27)23(2,3)4/h17H,5-16H2,1-4H3,(H2,24,25)(H,26,30). The number of piperazine rings is 1. The smallest absolute Gasteiger partial charge is 0.326 e. The van der Waals surface area contributed by atoms with E-state index in [1.807, 2.05) is 10.6 Å². The number of hydrogen-bond donors (Lipinski definition) is 2. The molecule has 0 amide bonds. The number of rotatable bonds is 9. The second-order valence-electron chi connectivity index (χ2n) is 9.64. The molecule has 1 fully saturated rings. The van der Waals surface area contributed by atoms with E-state index in [0.29, 0.717) is 11.3 Å². The third-order valence-electron chi connectivity index (χ3n) is 6.31. The molecular weight excluding hydrogens is 376 g/mol. The molecule has 7 heteroatoms. The highest BCUT2D eigenvalue weighted by Gasteiger charge is 2.25. The molecule has 7 nitrogen and oxygen atoms in total. The maximum atomic E-state index is 12.5. The minimum Gasteiger partial charge on any atom is -0.382 e. The van der Waals surface area contributed by atoms with Crippen LogP contribution in [0.2, 0.25) is 0 Å². The Hall–Kier alpha value is -1.86. The molecule has 3 heterocycles. The van der Waals surface area contributed by atoms with Crippen molar-refractivity contribution in [3.63, 3.8) is 0 Å². The number of nitrogens with one attached hydrogen (secondary N) is 1. The SMILES string of the molecule is CCCCCc1cc2c([nH]c(=O)n2CCCCN2CCN(C(C)(C)C)CC2)c(N)n1. The zero-order valence-corrected chi connectivity index (χ0v) is 19.3. The van der Waals surface area contributed by atoms with Crippen LogP contribution < -0.4 is 11.4 Å². The lowest BCUT2D eigenvalue weighted by molar-refractivity contribution is 0.0615. The van der Waals surface area contributed by atoms with Crippen LogP contribution in [0.3, 0.4) is 0 Å². The Balaban J connectivity index is 1.54. The number of aryl methyl sites for hydroxylation is 2. The molecule has 0 radical (unpaired) electrons. The molecule has 3 N–H and O–H groups in total. The lowest BCUT2D eigenvalue weighted by Gasteiger charge is -2.42. The van der Waals surface area contributed by atoms with E-state index in [1.165, 1.54) is 12.8 Å². The van der Waals surface area contributed by atoms with E-state index in [0.717, 1.165) is 76.2 Å². The number of unbranched alkanes of at least 4 members (excludes halogenated alkanes) is 3. The molecule has 3 rings (SSSR count). The van der Waals surface area contributed by atoms with E-state index in [4.69, 9.17) is 5.73 Å². The molecule has 1 aliphatic rings. The Kier molecular flexibility index (Phi) is 7.58. The molecular formula is C23H40N6O. The van der Waals surface area contributed by atoms with Crippen LogP contribution in [0.25, 0.3) is 11.0 Å². The molecule has 2 aromatic heterocycles. The van der Waals surface area contributed by atoms with Crippen molar-refractivity contribution in [3.05, 3.63) is 22.2 Å². The summed E-state index contributed by atoms with van der Waals surface area (Å²) < 4.78 is 1.84. The maximum absolute atomic E-state index is 12.5. The quantitative estimate of drug-likeness (QED) is 0.613. The second kappa shape index (κ2) is 9.96. The molecule has 0 aromatic carbocycles. The van der Waals surface area contributed by atoms with Crippen molar-refractivity contribution in [1.29, 1.82) is 0 Å². The van der Waals surface area contributed by atoms with Crippen LogP contribution in [0.5, 0.6) is 0 Å². The van der Waals surface area contributed by atoms with Gasteiger partial charge in [-0.25, -0.2) is 9.78 Å². The van der Waals surface area contributed by atoms with Gasteiger partial charge in [-0.2, -0.15) is 0 Å². The van der Waals surface area contributed by atoms with Crippen LogP contribution in [-0.2, 0) is 13.0 Å². The molecule has 0 saturated carbocycles. The van der Waals surface area contributed by atoms with E-state index < -0.39 is 0 Å². The summed E-state index contributed by atoms with van der Waals surface area (Å²) in [7, 11) is 0. The van der Waals surface area contributed by atoms with Crippen molar-refractivity contribution >= 4 is 16.9 Å². The van der Waals surface area contributed by atoms with Crippen LogP contribution in [0, 0.1) is 0 Å². The first kappa shape index (κ1) is 22.8. The largest absolute Gasteiger partial charge is 0.382 e. The number of hydrogen-bond acceptors (Lipinski definition) is 5. The summed E-state index contributed by atoms with van der Waals surface area (Å²) in [6.45, 7) is 15.4. The first-order chi connectivity index (χ1) is 14.3. The molecule has 30 heavy (non-hydrogen) atoms. The van der Waals surface area contributed by atoms with E-state index in [-0.39, 0.29) is 11.2 Å². The van der Waals surface area contributed by atoms with Crippen LogP contribution in [0.1, 0.15) is 65.5 Å². The second-order valence-corrected chi connectivity index (χ2v) is 9.64. The Labute approximate surface area is 180 Å². The molecule has 168 valence electrons. The molecule has 0 unspecified atom stereocenters. The molecule has 1 aliphatic heterocycles. The fourth-order valence-corrected chi connectivity index (χ4v) is 4.38. The van der Waals surface area contributed by atoms with Gasteiger partial charge in [0.2, 0.25) is 0 Å². The van der Waals surface area contributed by atoms with E-state index in [9.17, 15) is 4.79 Å². The van der Waals surface area contributed by atoms with Crippen molar-refractivity contribution in [3.8, 4) is 0 Å². The lowest BCUT2D eigenvalue weighted by Crippen LogP contribution is -2.53. The predicted molar refractivity (Wildman–Crippen MR) is 125 cm³/mol. The summed E-state index contributed by atoms with van der Waals surface area (Å²) >= 11 is 0. The zero-order valence-electron chi connectivity index (χ0n) is 19.3. The Morgan fingerprint density at radius 2 is 1.77 bits per heavy atom. The van der Waals surface area contributed by atoms with Gasteiger partial charge in [-0.1, -0.05) is 19.8 Å². The number of pyridine rings is 1. The Morgan fingerprint density at radius 3 is 2.43 bits per heavy atom. The molecule has 0 aliphatic carbocycles. The summed E-state index contributed by atoms with van der Waals surface area (Å²) in [5, 5.41) is 0. The van der Waals surface area contributed by atoms with Crippen molar-refractivity contribution in [2.24, 2.45) is 0 Å². The number of nitrogens with two attached hydrogens (primary N) is 1. The number of aromatic nitrogens is 3. The van der Waals surface area contributed by atoms with Crippen molar-refractivity contribution in [2.45, 2.75) is 78.3 Å². The number of fused-ring (bicyclic) bond motifs is 1. The fourth-order valence-electron chi connectivity index (χ4n) is 4.38. The number of aromatic amines is 1. The highest BCUT2D eigenvalue weighted by atomic mass is 16.1. The van der Waals surface area contributed by atoms with Crippen LogP contribution in [0.15, 0.2) is 10.9 Å². The minimum absolute atomic E-state index is 0.0806. The van der Waals surface area contributed by atoms with E-state index in [2.05, 4.69) is 47.5 Å². The highest BCUT2D eigenvalue weighted by Crippen LogP contribution is 2.20. The first-order valence-electron chi connectivity index (χ1n) is 11.6. The van der Waals surface area contributed by atoms with Gasteiger partial charge in [-0.05, 0) is 59.1 Å². The fraction of sp³-hybridized carbons (Fsp3) is 0.739. The predicted octanol–water partition coefficient (Wildman–Crippen LogP) is 3.24. The third kappa shape index (κ3) is 5.64. The maximum Gasteiger partial charge on any atom is 0.326 e. The number of anilines is 1. The highest BCUT2D eigenvalue weighted by molar-refractivity contribution is 5.85. The lowest BCUT2D eigenvalue weighted by atomic mass is 10.0. The van der Waals surface area contributed by atoms with Crippen LogP contribution in [0.4, 0.5) is 5.82 Å². The van der Waals surface area contributed by atoms with Gasteiger partial charge in [0.05, 0.1) is 5.52 Å². The topological polar surface area (TPSA) is 83.2 Å². The number of nitrogens with zero attached hydrogens (tertiary/aromatic N) is 4. The summed E-state index contributed by atoms with van der Waals surface area (Å²) in [6, 6.07) is 2.05. The van der Waals surface area contributed by atoms with Crippen molar-refractivity contribution < 1.29 is 0 Å². The monoisotopic (exact) mass is 416 g/mol. The normalized spacial score (nSPS) is 16.5. The number of imidazole rings is 1. The van der Waals surface area contributed by atoms with Gasteiger partial charge in [0.25, 0.3) is 0 Å². The van der Waals surface area contributed by atoms with Gasteiger partial charge in [0, 0.05) is 44.0 Å². The first-order valence-corrected chi connectivity index (χ1v) is 11.6. The third-order valence-corrected chi connectivity index (χ3v) is 6.31. The van der Waals surface area contributed by atoms with Gasteiger partial charge >= 0.3 is 5.69 Å². The molecule has 1 saturated heterocycles. The number of nitrogen functional groups attached to an aromatic ring is 1. The summed E-state index contributed by atoms with van der Waals surface area (Å²) in [6.07, 6.45) is 6.46. The van der Waals surface area contributed by atoms with E-state index >= 15 is 0 Å². The number of H-pyrrole nitrogens is 1. The van der Waals surface area contributed by atoms with Gasteiger partial charge in [0.1, 0.15) is 11.3 Å². The summed E-state index contributed by atoms with van der Waals surface area (Å²) in [5.41, 5.74) is 8.87. The molecule has 0 bridgehead atoms. The van der Waals surface area contributed by atoms with Crippen LogP contribution >= 0.6 is 0 Å². The summed E-state index contributed by atoms with van der Waals surface area (Å²) in [5.74, 6) is 0.437. The summed E-state index contributed by atoms with van der Waals surface area (Å²) in [4.78, 5) is 25.0. The molecule has 0 spiro atoms. The average molecular weight is 417 g/mol. The van der Waals surface area contributed by atoms with Gasteiger partial charge < -0.3 is 15.6 Å². The van der Waals surface area contributed by atoms with Crippen molar-refractivity contribution in [2.75, 3.05) is 38.5 Å². The Bertz CT molecular complexity index is 870. The Morgan fingerprint density at radius 1 is 1.07 bits per heavy atom. The van der Waals surface area contributed by atoms with E-state index in [1.54, 1.807) is 0 Å². The minimum atomic E-state index is -0.0806. The van der Waals surface area contributed by atoms with Crippen LogP contribution in [-0.4, -0.2) is 62.6 Å². The van der Waals surface area contributed by atoms with Gasteiger partial charge in [-0.15, -0.1) is 0 Å². The van der Waals surface area contributed by atoms with Gasteiger partial charge in [-0.3, -0.25) is 9.47 Å². The average Bonchev–Trinajstić information content (AvgIpc) is 3.01. The zero-order chi connectivity index (χ0) is 21.7. The molecule has 2 aromatic rings. The van der Waals surface area contributed by atoms with Crippen molar-refractivity contribution in [1.82, 2.24) is 24.3 Å². The molecule has 0 atom stereocenters. The van der Waals surface area contributed by atoms with Gasteiger partial charge in [0.15, 0.2) is 0 Å².